The summed E-state index contributed by atoms with van der Waals surface area (Å²) >= 11 is 0. The van der Waals surface area contributed by atoms with Gasteiger partial charge >= 0.3 is 0 Å². The number of carbonyl (C=O) groups excluding carboxylic acids is 2. The van der Waals surface area contributed by atoms with Gasteiger partial charge in [0, 0.05) is 19.5 Å². The highest BCUT2D eigenvalue weighted by Gasteiger charge is 2.23. The Balaban J connectivity index is 2.02. The van der Waals surface area contributed by atoms with Gasteiger partial charge in [0.1, 0.15) is 6.04 Å². The van der Waals surface area contributed by atoms with E-state index in [1.54, 1.807) is 0 Å². The summed E-state index contributed by atoms with van der Waals surface area (Å²) in [5, 5.41) is 9.08. The van der Waals surface area contributed by atoms with Gasteiger partial charge in [0.05, 0.1) is 0 Å². The molecule has 3 N–H and O–H groups in total. The molecule has 1 aliphatic heterocycles. The number of nitrogens with one attached hydrogen (secondary N) is 3. The molecule has 24 heavy (non-hydrogen) atoms. The highest BCUT2D eigenvalue weighted by atomic mass is 16.2. The van der Waals surface area contributed by atoms with Crippen LogP contribution in [0.1, 0.15) is 38.3 Å². The van der Waals surface area contributed by atoms with Gasteiger partial charge in [-0.15, -0.1) is 0 Å². The van der Waals surface area contributed by atoms with Crippen LogP contribution < -0.4 is 16.0 Å². The summed E-state index contributed by atoms with van der Waals surface area (Å²) in [5.74, 6) is -0.0165. The van der Waals surface area contributed by atoms with E-state index in [1.807, 2.05) is 44.2 Å². The maximum atomic E-state index is 12.6. The average Bonchev–Trinajstić information content (AvgIpc) is 2.58. The molecule has 1 heterocycles. The van der Waals surface area contributed by atoms with Crippen LogP contribution in [0, 0.1) is 5.92 Å². The minimum Gasteiger partial charge on any atom is -0.350 e. The summed E-state index contributed by atoms with van der Waals surface area (Å²) in [7, 11) is 0. The molecule has 130 valence electrons. The lowest BCUT2D eigenvalue weighted by Gasteiger charge is -2.21. The van der Waals surface area contributed by atoms with Crippen molar-refractivity contribution in [3.05, 3.63) is 47.5 Å². The molecule has 0 spiro atoms. The lowest BCUT2D eigenvalue weighted by molar-refractivity contribution is -0.129. The van der Waals surface area contributed by atoms with Crippen molar-refractivity contribution in [2.75, 3.05) is 19.6 Å². The van der Waals surface area contributed by atoms with Crippen molar-refractivity contribution in [1.82, 2.24) is 16.0 Å². The Hall–Kier alpha value is -2.14. The normalized spacial score (nSPS) is 15.5. The third-order valence-electron chi connectivity index (χ3n) is 3.94. The SMILES string of the molecule is CC(C)CC(=O)NC(C(=O)NCC1=CCNCC1)c1ccccc1. The van der Waals surface area contributed by atoms with Crippen LogP contribution in [0.25, 0.3) is 0 Å². The van der Waals surface area contributed by atoms with Gasteiger partial charge < -0.3 is 16.0 Å². The summed E-state index contributed by atoms with van der Waals surface area (Å²) in [6, 6.07) is 8.72. The molecule has 0 radical (unpaired) electrons. The maximum Gasteiger partial charge on any atom is 0.247 e. The van der Waals surface area contributed by atoms with Gasteiger partial charge in [0.15, 0.2) is 0 Å². The van der Waals surface area contributed by atoms with Gasteiger partial charge in [-0.3, -0.25) is 9.59 Å². The standard InChI is InChI=1S/C19H27N3O2/c1-14(2)12-17(23)22-18(16-6-4-3-5-7-16)19(24)21-13-15-8-10-20-11-9-15/h3-8,14,18,20H,9-13H2,1-2H3,(H,21,24)(H,22,23). The number of hydrogen-bond acceptors (Lipinski definition) is 3. The summed E-state index contributed by atoms with van der Waals surface area (Å²) in [5.41, 5.74) is 2.02. The van der Waals surface area contributed by atoms with E-state index < -0.39 is 6.04 Å². The second-order valence-electron chi connectivity index (χ2n) is 6.54. The molecular weight excluding hydrogens is 302 g/mol. The van der Waals surface area contributed by atoms with Crippen LogP contribution in [0.4, 0.5) is 0 Å². The highest BCUT2D eigenvalue weighted by molar-refractivity contribution is 5.88. The van der Waals surface area contributed by atoms with Crippen molar-refractivity contribution in [3.63, 3.8) is 0 Å². The number of hydrogen-bond donors (Lipinski definition) is 3. The van der Waals surface area contributed by atoms with Crippen molar-refractivity contribution in [2.45, 2.75) is 32.7 Å². The molecule has 0 aliphatic carbocycles. The Bertz CT molecular complexity index is 582. The quantitative estimate of drug-likeness (QED) is 0.670. The van der Waals surface area contributed by atoms with Gasteiger partial charge in [-0.1, -0.05) is 55.8 Å². The van der Waals surface area contributed by atoms with Crippen molar-refractivity contribution in [2.24, 2.45) is 5.92 Å². The van der Waals surface area contributed by atoms with Crippen LogP contribution >= 0.6 is 0 Å². The summed E-state index contributed by atoms with van der Waals surface area (Å²) in [6.07, 6.45) is 3.46. The number of amides is 2. The zero-order chi connectivity index (χ0) is 17.4. The second-order valence-corrected chi connectivity index (χ2v) is 6.54. The Kier molecular flexibility index (Phi) is 7.00. The van der Waals surface area contributed by atoms with E-state index in [0.29, 0.717) is 13.0 Å². The summed E-state index contributed by atoms with van der Waals surface area (Å²) in [6.45, 7) is 6.29. The molecule has 1 aromatic rings. The van der Waals surface area contributed by atoms with Crippen molar-refractivity contribution < 1.29 is 9.59 Å². The largest absolute Gasteiger partial charge is 0.350 e. The van der Waals surface area contributed by atoms with E-state index in [9.17, 15) is 9.59 Å². The summed E-state index contributed by atoms with van der Waals surface area (Å²) < 4.78 is 0. The van der Waals surface area contributed by atoms with Gasteiger partial charge in [0.25, 0.3) is 0 Å². The predicted octanol–water partition coefficient (Wildman–Crippen LogP) is 1.93. The van der Waals surface area contributed by atoms with Crippen LogP contribution in [-0.4, -0.2) is 31.4 Å². The molecule has 0 aromatic heterocycles. The molecule has 1 aliphatic rings. The van der Waals surface area contributed by atoms with Crippen molar-refractivity contribution in [1.29, 1.82) is 0 Å². The zero-order valence-electron chi connectivity index (χ0n) is 14.5. The topological polar surface area (TPSA) is 70.2 Å². The minimum atomic E-state index is -0.653. The van der Waals surface area contributed by atoms with Crippen LogP contribution in [0.3, 0.4) is 0 Å². The molecule has 0 saturated heterocycles. The van der Waals surface area contributed by atoms with Gasteiger partial charge in [0.2, 0.25) is 11.8 Å². The van der Waals surface area contributed by atoms with E-state index in [0.717, 1.165) is 25.1 Å². The number of carbonyl (C=O) groups is 2. The van der Waals surface area contributed by atoms with Crippen LogP contribution in [0.15, 0.2) is 42.0 Å². The fraction of sp³-hybridized carbons (Fsp3) is 0.474. The fourth-order valence-electron chi connectivity index (χ4n) is 2.67. The fourth-order valence-corrected chi connectivity index (χ4v) is 2.67. The number of rotatable bonds is 7. The van der Waals surface area contributed by atoms with Crippen LogP contribution in [0.2, 0.25) is 0 Å². The zero-order valence-corrected chi connectivity index (χ0v) is 14.5. The molecule has 0 fully saturated rings. The van der Waals surface area contributed by atoms with E-state index in [2.05, 4.69) is 22.0 Å². The third kappa shape index (κ3) is 5.81. The molecule has 5 heteroatoms. The molecule has 5 nitrogen and oxygen atoms in total. The Morgan fingerprint density at radius 1 is 1.21 bits per heavy atom. The Labute approximate surface area is 143 Å². The second kappa shape index (κ2) is 9.23. The average molecular weight is 329 g/mol. The predicted molar refractivity (Wildman–Crippen MR) is 95.4 cm³/mol. The summed E-state index contributed by atoms with van der Waals surface area (Å²) in [4.78, 5) is 24.8. The maximum absolute atomic E-state index is 12.6. The first-order valence-electron chi connectivity index (χ1n) is 8.57. The molecule has 0 bridgehead atoms. The van der Waals surface area contributed by atoms with E-state index in [-0.39, 0.29) is 17.7 Å². The van der Waals surface area contributed by atoms with Crippen LogP contribution in [0.5, 0.6) is 0 Å². The molecular formula is C19H27N3O2. The van der Waals surface area contributed by atoms with E-state index in [1.165, 1.54) is 5.57 Å². The molecule has 2 amide bonds. The number of benzene rings is 1. The van der Waals surface area contributed by atoms with Crippen molar-refractivity contribution >= 4 is 11.8 Å². The first-order chi connectivity index (χ1) is 11.6. The van der Waals surface area contributed by atoms with Crippen LogP contribution in [-0.2, 0) is 9.59 Å². The minimum absolute atomic E-state index is 0.102. The molecule has 1 atom stereocenters. The Morgan fingerprint density at radius 2 is 1.96 bits per heavy atom. The first kappa shape index (κ1) is 18.2. The van der Waals surface area contributed by atoms with E-state index in [4.69, 9.17) is 0 Å². The van der Waals surface area contributed by atoms with Gasteiger partial charge in [-0.2, -0.15) is 0 Å². The lowest BCUT2D eigenvalue weighted by Crippen LogP contribution is -2.41. The molecule has 1 unspecified atom stereocenters. The van der Waals surface area contributed by atoms with Crippen molar-refractivity contribution in [3.8, 4) is 0 Å². The molecule has 1 aromatic carbocycles. The van der Waals surface area contributed by atoms with Gasteiger partial charge in [-0.25, -0.2) is 0 Å². The highest BCUT2D eigenvalue weighted by Crippen LogP contribution is 2.14. The Morgan fingerprint density at radius 3 is 2.58 bits per heavy atom. The van der Waals surface area contributed by atoms with E-state index >= 15 is 0 Å². The first-order valence-corrected chi connectivity index (χ1v) is 8.57. The molecule has 0 saturated carbocycles. The lowest BCUT2D eigenvalue weighted by atomic mass is 10.0. The monoisotopic (exact) mass is 329 g/mol. The molecule has 2 rings (SSSR count). The smallest absolute Gasteiger partial charge is 0.247 e. The van der Waals surface area contributed by atoms with Gasteiger partial charge in [-0.05, 0) is 24.4 Å². The third-order valence-corrected chi connectivity index (χ3v) is 3.94.